The molecule has 56 heavy (non-hydrogen) atoms. The number of anilines is 3. The quantitative estimate of drug-likeness (QED) is 0.125. The fraction of sp³-hybridized carbons (Fsp3) is 0.191. The maximum Gasteiger partial charge on any atom is 0.238 e. The summed E-state index contributed by atoms with van der Waals surface area (Å²) in [6.45, 7) is 0. The zero-order valence-corrected chi connectivity index (χ0v) is 32.0. The molecule has 9 heteroatoms. The number of hydrogen-bond donors (Lipinski definition) is 2. The normalized spacial score (nSPS) is 25.5. The van der Waals surface area contributed by atoms with Gasteiger partial charge in [-0.2, -0.15) is 0 Å². The van der Waals surface area contributed by atoms with Gasteiger partial charge in [0.1, 0.15) is 0 Å². The largest absolute Gasteiger partial charge is 0.504 e. The van der Waals surface area contributed by atoms with Gasteiger partial charge in [0.05, 0.1) is 30.0 Å². The van der Waals surface area contributed by atoms with Crippen LogP contribution in [0.4, 0.5) is 17.1 Å². The van der Waals surface area contributed by atoms with Gasteiger partial charge in [0.15, 0.2) is 23.1 Å². The van der Waals surface area contributed by atoms with E-state index in [4.69, 9.17) is 4.74 Å². The van der Waals surface area contributed by atoms with Crippen LogP contribution >= 0.6 is 15.9 Å². The number of amides is 2. The second-order valence-corrected chi connectivity index (χ2v) is 15.8. The van der Waals surface area contributed by atoms with Gasteiger partial charge in [0, 0.05) is 38.8 Å². The zero-order chi connectivity index (χ0) is 38.7. The van der Waals surface area contributed by atoms with Gasteiger partial charge in [-0.25, -0.2) is 0 Å². The monoisotopic (exact) mass is 804 g/mol. The number of carbonyl (C=O) groups excluding carboxylic acids is 4. The second-order valence-electron chi connectivity index (χ2n) is 14.9. The number of fused-ring (bicyclic) bond motifs is 4. The first-order valence-corrected chi connectivity index (χ1v) is 19.5. The van der Waals surface area contributed by atoms with E-state index in [-0.39, 0.29) is 47.7 Å². The number of methoxy groups -OCH3 is 1. The van der Waals surface area contributed by atoms with Gasteiger partial charge in [-0.05, 0) is 84.5 Å². The first kappa shape index (κ1) is 35.6. The third kappa shape index (κ3) is 5.47. The minimum atomic E-state index is -1.48. The first-order chi connectivity index (χ1) is 27.2. The summed E-state index contributed by atoms with van der Waals surface area (Å²) in [5.41, 5.74) is 3.42. The number of benzene rings is 5. The number of hydrogen-bond acceptors (Lipinski definition) is 7. The molecule has 278 valence electrons. The Morgan fingerprint density at radius 1 is 0.786 bits per heavy atom. The number of imide groups is 1. The van der Waals surface area contributed by atoms with Crippen molar-refractivity contribution in [2.24, 2.45) is 23.7 Å². The van der Waals surface area contributed by atoms with Gasteiger partial charge in [-0.3, -0.25) is 24.1 Å². The predicted octanol–water partition coefficient (Wildman–Crippen LogP) is 8.94. The number of aromatic hydroxyl groups is 1. The molecule has 2 fully saturated rings. The molecule has 4 aliphatic rings. The zero-order valence-electron chi connectivity index (χ0n) is 30.4. The van der Waals surface area contributed by atoms with Crippen LogP contribution < -0.4 is 15.0 Å². The van der Waals surface area contributed by atoms with Crippen molar-refractivity contribution >= 4 is 61.9 Å². The van der Waals surface area contributed by atoms with E-state index < -0.39 is 35.0 Å². The maximum absolute atomic E-state index is 15.3. The van der Waals surface area contributed by atoms with E-state index in [1.807, 2.05) is 109 Å². The Balaban J connectivity index is 1.20. The number of allylic oxidation sites excluding steroid dienone is 4. The SMILES string of the molecule is COc1cc(Br)cc(C2C3=CCC4C(=O)N(c5ccc(Nc6ccccc6)cc5)C(=O)C4C3CC3C(=O)C(c4ccccc4)=CC(=O)C32c2ccccc2)c1O. The molecule has 0 spiro atoms. The second kappa shape index (κ2) is 13.9. The standard InChI is InChI=1S/C47H37BrN2O6/c1-56-39-24-29(48)23-37(44(39)53)42-33-21-22-34-41(46(55)50(45(34)54)32-19-17-31(18-20-32)49-30-15-9-4-10-16-30)36(33)25-38-43(52)35(27-11-5-2-6-12-27)26-40(51)47(38,42)28-13-7-3-8-14-28/h2-21,23-24,26,34,36,38,41-42,49,53H,22,25H2,1H3. The van der Waals surface area contributed by atoms with Gasteiger partial charge in [-0.15, -0.1) is 0 Å². The number of ketones is 2. The van der Waals surface area contributed by atoms with Crippen LogP contribution in [0.25, 0.3) is 5.57 Å². The minimum Gasteiger partial charge on any atom is -0.504 e. The van der Waals surface area contributed by atoms with Crippen molar-refractivity contribution in [3.8, 4) is 11.5 Å². The fourth-order valence-electron chi connectivity index (χ4n) is 9.83. The molecule has 0 aromatic heterocycles. The minimum absolute atomic E-state index is 0.156. The van der Waals surface area contributed by atoms with Gasteiger partial charge in [-0.1, -0.05) is 106 Å². The van der Waals surface area contributed by atoms with Crippen LogP contribution in [0.15, 0.2) is 150 Å². The molecule has 3 aliphatic carbocycles. The lowest BCUT2D eigenvalue weighted by atomic mass is 9.44. The van der Waals surface area contributed by atoms with Crippen LogP contribution in [0.2, 0.25) is 0 Å². The molecule has 6 unspecified atom stereocenters. The summed E-state index contributed by atoms with van der Waals surface area (Å²) in [6, 6.07) is 38.8. The lowest BCUT2D eigenvalue weighted by Crippen LogP contribution is -2.58. The topological polar surface area (TPSA) is 113 Å². The Labute approximate surface area is 332 Å². The molecular formula is C47H37BrN2O6. The Morgan fingerprint density at radius 2 is 1.43 bits per heavy atom. The Kier molecular flexibility index (Phi) is 8.85. The Hall–Kier alpha value is -6.06. The summed E-state index contributed by atoms with van der Waals surface area (Å²) in [5.74, 6) is -4.93. The Bertz CT molecular complexity index is 2470. The van der Waals surface area contributed by atoms with Crippen LogP contribution in [0, 0.1) is 23.7 Å². The molecule has 1 saturated carbocycles. The van der Waals surface area contributed by atoms with Crippen molar-refractivity contribution in [1.82, 2.24) is 0 Å². The summed E-state index contributed by atoms with van der Waals surface area (Å²) in [4.78, 5) is 60.9. The number of nitrogens with zero attached hydrogens (tertiary/aromatic N) is 1. The van der Waals surface area contributed by atoms with Gasteiger partial charge >= 0.3 is 0 Å². The lowest BCUT2D eigenvalue weighted by molar-refractivity contribution is -0.135. The summed E-state index contributed by atoms with van der Waals surface area (Å²) >= 11 is 3.61. The van der Waals surface area contributed by atoms with Crippen LogP contribution in [0.3, 0.4) is 0 Å². The highest BCUT2D eigenvalue weighted by atomic mass is 79.9. The first-order valence-electron chi connectivity index (χ1n) is 18.7. The molecular weight excluding hydrogens is 768 g/mol. The number of rotatable bonds is 7. The number of ether oxygens (including phenoxy) is 1. The molecule has 8 nitrogen and oxygen atoms in total. The van der Waals surface area contributed by atoms with Crippen molar-refractivity contribution in [2.75, 3.05) is 17.3 Å². The van der Waals surface area contributed by atoms with Crippen LogP contribution in [-0.2, 0) is 24.6 Å². The van der Waals surface area contributed by atoms with Crippen LogP contribution in [0.5, 0.6) is 11.5 Å². The van der Waals surface area contributed by atoms with E-state index >= 15 is 9.59 Å². The molecule has 5 aromatic carbocycles. The highest BCUT2D eigenvalue weighted by molar-refractivity contribution is 9.10. The van der Waals surface area contributed by atoms with Gasteiger partial charge < -0.3 is 15.2 Å². The van der Waals surface area contributed by atoms with Crippen molar-refractivity contribution in [3.05, 3.63) is 166 Å². The average molecular weight is 806 g/mol. The molecule has 1 saturated heterocycles. The lowest BCUT2D eigenvalue weighted by Gasteiger charge is -2.55. The number of phenols is 1. The number of Topliss-reactive ketones (excluding diaryl/α,β-unsaturated/α-hetero) is 1. The number of halogens is 1. The van der Waals surface area contributed by atoms with E-state index in [1.54, 1.807) is 24.3 Å². The number of para-hydroxylation sites is 1. The highest BCUT2D eigenvalue weighted by Crippen LogP contribution is 2.65. The van der Waals surface area contributed by atoms with E-state index in [2.05, 4.69) is 21.2 Å². The van der Waals surface area contributed by atoms with Gasteiger partial charge in [0.25, 0.3) is 0 Å². The van der Waals surface area contributed by atoms with Crippen molar-refractivity contribution in [3.63, 3.8) is 0 Å². The molecule has 0 bridgehead atoms. The molecule has 2 amide bonds. The maximum atomic E-state index is 15.3. The number of phenolic OH excluding ortho intramolecular Hbond substituents is 1. The van der Waals surface area contributed by atoms with Crippen LogP contribution in [0.1, 0.15) is 35.4 Å². The summed E-state index contributed by atoms with van der Waals surface area (Å²) < 4.78 is 6.23. The Morgan fingerprint density at radius 3 is 2.11 bits per heavy atom. The fourth-order valence-corrected chi connectivity index (χ4v) is 10.3. The number of nitrogens with one attached hydrogen (secondary N) is 1. The van der Waals surface area contributed by atoms with Gasteiger partial charge in [0.2, 0.25) is 11.8 Å². The molecule has 9 rings (SSSR count). The van der Waals surface area contributed by atoms with E-state index in [0.29, 0.717) is 32.4 Å². The predicted molar refractivity (Wildman–Crippen MR) is 218 cm³/mol. The van der Waals surface area contributed by atoms with Crippen molar-refractivity contribution in [2.45, 2.75) is 24.2 Å². The molecule has 0 radical (unpaired) electrons. The summed E-state index contributed by atoms with van der Waals surface area (Å²) in [7, 11) is 1.46. The molecule has 5 aromatic rings. The third-order valence-electron chi connectivity index (χ3n) is 12.2. The van der Waals surface area contributed by atoms with Crippen LogP contribution in [-0.4, -0.2) is 35.6 Å². The molecule has 2 N–H and O–H groups in total. The molecule has 1 heterocycles. The average Bonchev–Trinajstić information content (AvgIpc) is 3.49. The third-order valence-corrected chi connectivity index (χ3v) is 12.6. The highest BCUT2D eigenvalue weighted by Gasteiger charge is 2.66. The van der Waals surface area contributed by atoms with E-state index in [9.17, 15) is 14.7 Å². The van der Waals surface area contributed by atoms with E-state index in [0.717, 1.165) is 16.9 Å². The van der Waals surface area contributed by atoms with Crippen molar-refractivity contribution in [1.29, 1.82) is 0 Å². The molecule has 1 aliphatic heterocycles. The molecule has 6 atom stereocenters. The van der Waals surface area contributed by atoms with Crippen molar-refractivity contribution < 1.29 is 29.0 Å². The number of carbonyl (C=O) groups is 4. The summed E-state index contributed by atoms with van der Waals surface area (Å²) in [5, 5.41) is 15.3. The smallest absolute Gasteiger partial charge is 0.238 e. The van der Waals surface area contributed by atoms with E-state index in [1.165, 1.54) is 18.1 Å². The summed E-state index contributed by atoms with van der Waals surface area (Å²) in [6.07, 6.45) is 3.87.